The topological polar surface area (TPSA) is 26.0 Å². The summed E-state index contributed by atoms with van der Waals surface area (Å²) in [6, 6.07) is 4.30. The summed E-state index contributed by atoms with van der Waals surface area (Å²) in [5, 5.41) is 0. The van der Waals surface area contributed by atoms with Crippen LogP contribution in [-0.2, 0) is 0 Å². The molecule has 0 bridgehead atoms. The standard InChI is InChI=1S/C10H14BrN/c1-6-4-5-9(8(3)12)7(2)10(6)11/h4-5,8H,12H2,1-3H3/t8-/m0/s1. The molecule has 12 heavy (non-hydrogen) atoms. The molecular formula is C10H14BrN. The van der Waals surface area contributed by atoms with Gasteiger partial charge < -0.3 is 5.73 Å². The van der Waals surface area contributed by atoms with Crippen molar-refractivity contribution in [3.63, 3.8) is 0 Å². The molecule has 2 heteroatoms. The van der Waals surface area contributed by atoms with Gasteiger partial charge in [-0.25, -0.2) is 0 Å². The molecule has 0 spiro atoms. The fraction of sp³-hybridized carbons (Fsp3) is 0.400. The van der Waals surface area contributed by atoms with Gasteiger partial charge in [-0.05, 0) is 37.5 Å². The molecule has 0 aliphatic carbocycles. The first-order chi connectivity index (χ1) is 5.54. The maximum atomic E-state index is 5.81. The Kier molecular flexibility index (Phi) is 2.91. The molecule has 0 radical (unpaired) electrons. The zero-order valence-electron chi connectivity index (χ0n) is 7.69. The molecule has 2 N–H and O–H groups in total. The first kappa shape index (κ1) is 9.75. The van der Waals surface area contributed by atoms with Crippen molar-refractivity contribution >= 4 is 15.9 Å². The summed E-state index contributed by atoms with van der Waals surface area (Å²) in [4.78, 5) is 0. The van der Waals surface area contributed by atoms with Crippen LogP contribution < -0.4 is 5.73 Å². The van der Waals surface area contributed by atoms with E-state index < -0.39 is 0 Å². The molecule has 1 atom stereocenters. The van der Waals surface area contributed by atoms with Crippen LogP contribution in [-0.4, -0.2) is 0 Å². The summed E-state index contributed by atoms with van der Waals surface area (Å²) in [5.74, 6) is 0. The van der Waals surface area contributed by atoms with Gasteiger partial charge in [-0.1, -0.05) is 28.1 Å². The Hall–Kier alpha value is -0.340. The zero-order chi connectivity index (χ0) is 9.30. The molecule has 0 unspecified atom stereocenters. The number of rotatable bonds is 1. The Morgan fingerprint density at radius 2 is 1.92 bits per heavy atom. The van der Waals surface area contributed by atoms with Crippen LogP contribution in [0.2, 0.25) is 0 Å². The number of halogens is 1. The molecule has 66 valence electrons. The summed E-state index contributed by atoms with van der Waals surface area (Å²) in [6.45, 7) is 6.18. The third kappa shape index (κ3) is 1.70. The monoisotopic (exact) mass is 227 g/mol. The minimum Gasteiger partial charge on any atom is -0.324 e. The number of benzene rings is 1. The van der Waals surface area contributed by atoms with E-state index in [0.717, 1.165) is 0 Å². The van der Waals surface area contributed by atoms with E-state index in [1.807, 2.05) is 6.92 Å². The highest BCUT2D eigenvalue weighted by molar-refractivity contribution is 9.10. The van der Waals surface area contributed by atoms with Crippen LogP contribution in [0, 0.1) is 13.8 Å². The molecular weight excluding hydrogens is 214 g/mol. The van der Waals surface area contributed by atoms with Crippen molar-refractivity contribution in [1.82, 2.24) is 0 Å². The minimum atomic E-state index is 0.113. The first-order valence-electron chi connectivity index (χ1n) is 4.05. The van der Waals surface area contributed by atoms with Crippen LogP contribution in [0.5, 0.6) is 0 Å². The number of hydrogen-bond donors (Lipinski definition) is 1. The van der Waals surface area contributed by atoms with Gasteiger partial charge in [0.2, 0.25) is 0 Å². The molecule has 0 aliphatic rings. The van der Waals surface area contributed by atoms with Gasteiger partial charge in [0.1, 0.15) is 0 Å². The quantitative estimate of drug-likeness (QED) is 0.785. The van der Waals surface area contributed by atoms with Gasteiger partial charge >= 0.3 is 0 Å². The van der Waals surface area contributed by atoms with Crippen LogP contribution in [0.15, 0.2) is 16.6 Å². The van der Waals surface area contributed by atoms with Gasteiger partial charge in [-0.15, -0.1) is 0 Å². The Bertz CT molecular complexity index is 292. The van der Waals surface area contributed by atoms with Gasteiger partial charge in [-0.2, -0.15) is 0 Å². The van der Waals surface area contributed by atoms with Gasteiger partial charge in [0, 0.05) is 10.5 Å². The molecule has 1 rings (SSSR count). The predicted octanol–water partition coefficient (Wildman–Crippen LogP) is 3.09. The van der Waals surface area contributed by atoms with E-state index in [1.165, 1.54) is 21.2 Å². The highest BCUT2D eigenvalue weighted by atomic mass is 79.9. The van der Waals surface area contributed by atoms with Gasteiger partial charge in [0.25, 0.3) is 0 Å². The van der Waals surface area contributed by atoms with Crippen molar-refractivity contribution in [3.05, 3.63) is 33.3 Å². The molecule has 0 aromatic heterocycles. The van der Waals surface area contributed by atoms with Crippen LogP contribution in [0.4, 0.5) is 0 Å². The lowest BCUT2D eigenvalue weighted by Crippen LogP contribution is -2.07. The van der Waals surface area contributed by atoms with Crippen molar-refractivity contribution in [2.75, 3.05) is 0 Å². The molecule has 1 nitrogen and oxygen atoms in total. The summed E-state index contributed by atoms with van der Waals surface area (Å²) in [7, 11) is 0. The molecule has 0 saturated heterocycles. The summed E-state index contributed by atoms with van der Waals surface area (Å²) < 4.78 is 1.18. The van der Waals surface area contributed by atoms with Crippen molar-refractivity contribution in [2.45, 2.75) is 26.8 Å². The predicted molar refractivity (Wildman–Crippen MR) is 56.2 cm³/mol. The van der Waals surface area contributed by atoms with Crippen LogP contribution in [0.25, 0.3) is 0 Å². The molecule has 0 heterocycles. The molecule has 0 fully saturated rings. The molecule has 0 amide bonds. The summed E-state index contributed by atoms with van der Waals surface area (Å²) in [6.07, 6.45) is 0. The zero-order valence-corrected chi connectivity index (χ0v) is 9.27. The first-order valence-corrected chi connectivity index (χ1v) is 4.84. The van der Waals surface area contributed by atoms with Gasteiger partial charge in [0.15, 0.2) is 0 Å². The smallest absolute Gasteiger partial charge is 0.0269 e. The van der Waals surface area contributed by atoms with E-state index in [9.17, 15) is 0 Å². The van der Waals surface area contributed by atoms with E-state index in [-0.39, 0.29) is 6.04 Å². The van der Waals surface area contributed by atoms with Crippen molar-refractivity contribution in [2.24, 2.45) is 5.73 Å². The largest absolute Gasteiger partial charge is 0.324 e. The molecule has 0 saturated carbocycles. The highest BCUT2D eigenvalue weighted by Crippen LogP contribution is 2.26. The third-order valence-corrected chi connectivity index (χ3v) is 3.33. The van der Waals surface area contributed by atoms with E-state index in [2.05, 4.69) is 41.9 Å². The Morgan fingerprint density at radius 1 is 1.33 bits per heavy atom. The highest BCUT2D eigenvalue weighted by Gasteiger charge is 2.07. The molecule has 1 aromatic carbocycles. The second kappa shape index (κ2) is 3.58. The second-order valence-corrected chi connectivity index (χ2v) is 3.99. The lowest BCUT2D eigenvalue weighted by atomic mass is 10.0. The van der Waals surface area contributed by atoms with Gasteiger partial charge in [0.05, 0.1) is 0 Å². The SMILES string of the molecule is Cc1ccc([C@H](C)N)c(C)c1Br. The Morgan fingerprint density at radius 3 is 2.42 bits per heavy atom. The second-order valence-electron chi connectivity index (χ2n) is 3.20. The Balaban J connectivity index is 3.27. The van der Waals surface area contributed by atoms with Gasteiger partial charge in [-0.3, -0.25) is 0 Å². The van der Waals surface area contributed by atoms with Crippen LogP contribution in [0.1, 0.15) is 29.7 Å². The van der Waals surface area contributed by atoms with E-state index in [4.69, 9.17) is 5.73 Å². The molecule has 0 aliphatic heterocycles. The average molecular weight is 228 g/mol. The molecule has 1 aromatic rings. The Labute approximate surface area is 82.1 Å². The number of aryl methyl sites for hydroxylation is 1. The van der Waals surface area contributed by atoms with E-state index in [0.29, 0.717) is 0 Å². The van der Waals surface area contributed by atoms with E-state index >= 15 is 0 Å². The normalized spacial score (nSPS) is 13.1. The average Bonchev–Trinajstić information content (AvgIpc) is 2.00. The van der Waals surface area contributed by atoms with Crippen LogP contribution >= 0.6 is 15.9 Å². The van der Waals surface area contributed by atoms with Crippen LogP contribution in [0.3, 0.4) is 0 Å². The van der Waals surface area contributed by atoms with Crippen molar-refractivity contribution in [1.29, 1.82) is 0 Å². The maximum absolute atomic E-state index is 5.81. The summed E-state index contributed by atoms with van der Waals surface area (Å²) in [5.41, 5.74) is 9.54. The van der Waals surface area contributed by atoms with Crippen molar-refractivity contribution < 1.29 is 0 Å². The van der Waals surface area contributed by atoms with E-state index in [1.54, 1.807) is 0 Å². The minimum absolute atomic E-state index is 0.113. The maximum Gasteiger partial charge on any atom is 0.0269 e. The van der Waals surface area contributed by atoms with Crippen molar-refractivity contribution in [3.8, 4) is 0 Å². The number of nitrogens with two attached hydrogens (primary N) is 1. The summed E-state index contributed by atoms with van der Waals surface area (Å²) >= 11 is 3.54. The number of hydrogen-bond acceptors (Lipinski definition) is 1. The fourth-order valence-corrected chi connectivity index (χ4v) is 1.69. The lowest BCUT2D eigenvalue weighted by molar-refractivity contribution is 0.808. The third-order valence-electron chi connectivity index (χ3n) is 2.11. The fourth-order valence-electron chi connectivity index (χ4n) is 1.33. The lowest BCUT2D eigenvalue weighted by Gasteiger charge is -2.12.